The summed E-state index contributed by atoms with van der Waals surface area (Å²) in [5.74, 6) is 1.08. The first-order chi connectivity index (χ1) is 9.88. The summed E-state index contributed by atoms with van der Waals surface area (Å²) >= 11 is 0. The summed E-state index contributed by atoms with van der Waals surface area (Å²) in [7, 11) is 2.00. The van der Waals surface area contributed by atoms with Crippen LogP contribution in [-0.4, -0.2) is 18.6 Å². The Morgan fingerprint density at radius 1 is 1.25 bits per heavy atom. The van der Waals surface area contributed by atoms with Crippen molar-refractivity contribution in [1.29, 1.82) is 0 Å². The number of likely N-dealkylation sites (N-methyl/N-ethyl adjacent to an activating group) is 1. The highest BCUT2D eigenvalue weighted by Crippen LogP contribution is 2.33. The van der Waals surface area contributed by atoms with Gasteiger partial charge in [-0.25, -0.2) is 0 Å². The molecule has 0 spiro atoms. The van der Waals surface area contributed by atoms with Gasteiger partial charge in [-0.1, -0.05) is 24.3 Å². The van der Waals surface area contributed by atoms with Crippen molar-refractivity contribution in [3.8, 4) is 5.75 Å². The van der Waals surface area contributed by atoms with Gasteiger partial charge in [0.25, 0.3) is 0 Å². The van der Waals surface area contributed by atoms with E-state index in [1.165, 1.54) is 11.1 Å². The van der Waals surface area contributed by atoms with E-state index < -0.39 is 0 Å². The van der Waals surface area contributed by atoms with E-state index in [9.17, 15) is 0 Å². The monoisotopic (exact) mass is 268 g/mol. The number of aromatic nitrogens is 1. The largest absolute Gasteiger partial charge is 0.493 e. The molecule has 0 saturated heterocycles. The first-order valence-corrected chi connectivity index (χ1v) is 7.20. The number of nitrogens with one attached hydrogen (secondary N) is 1. The molecule has 1 aromatic heterocycles. The van der Waals surface area contributed by atoms with E-state index >= 15 is 0 Å². The summed E-state index contributed by atoms with van der Waals surface area (Å²) in [6.45, 7) is 0.823. The number of para-hydroxylation sites is 1. The highest BCUT2D eigenvalue weighted by molar-refractivity contribution is 5.44. The minimum Gasteiger partial charge on any atom is -0.493 e. The smallest absolute Gasteiger partial charge is 0.127 e. The number of hydrogen-bond donors (Lipinski definition) is 1. The Balaban J connectivity index is 1.90. The fourth-order valence-corrected chi connectivity index (χ4v) is 2.78. The number of nitrogens with zero attached hydrogens (tertiary/aromatic N) is 1. The van der Waals surface area contributed by atoms with Crippen LogP contribution in [0, 0.1) is 0 Å². The number of hydrogen-bond acceptors (Lipinski definition) is 3. The van der Waals surface area contributed by atoms with Gasteiger partial charge >= 0.3 is 0 Å². The topological polar surface area (TPSA) is 34.2 Å². The molecule has 0 fully saturated rings. The van der Waals surface area contributed by atoms with Crippen molar-refractivity contribution in [1.82, 2.24) is 10.3 Å². The fourth-order valence-electron chi connectivity index (χ4n) is 2.78. The van der Waals surface area contributed by atoms with Crippen LogP contribution in [0.1, 0.15) is 29.3 Å². The predicted octanol–water partition coefficient (Wildman–Crippen LogP) is 2.91. The molecule has 0 aliphatic carbocycles. The molecule has 1 aliphatic rings. The summed E-state index contributed by atoms with van der Waals surface area (Å²) in [5.41, 5.74) is 3.67. The van der Waals surface area contributed by atoms with Gasteiger partial charge in [0.05, 0.1) is 6.61 Å². The zero-order valence-electron chi connectivity index (χ0n) is 11.8. The Labute approximate surface area is 120 Å². The van der Waals surface area contributed by atoms with Crippen LogP contribution in [0.25, 0.3) is 0 Å². The maximum Gasteiger partial charge on any atom is 0.127 e. The molecule has 0 saturated carbocycles. The van der Waals surface area contributed by atoms with Crippen molar-refractivity contribution < 1.29 is 4.74 Å². The number of rotatable bonds is 4. The third-order valence-electron chi connectivity index (χ3n) is 3.83. The Morgan fingerprint density at radius 2 is 2.20 bits per heavy atom. The summed E-state index contributed by atoms with van der Waals surface area (Å²) in [4.78, 5) is 4.42. The minimum absolute atomic E-state index is 0.234. The van der Waals surface area contributed by atoms with Gasteiger partial charge in [-0.05, 0) is 37.6 Å². The first kappa shape index (κ1) is 13.1. The van der Waals surface area contributed by atoms with E-state index in [1.807, 2.05) is 25.4 Å². The molecule has 0 amide bonds. The summed E-state index contributed by atoms with van der Waals surface area (Å²) < 4.78 is 5.91. The standard InChI is InChI=1S/C17H20N2O/c1-18-16(12-14-8-2-3-10-19-14)15-9-4-6-13-7-5-11-20-17(13)15/h2-4,6,8-10,16,18H,5,7,11-12H2,1H3. The maximum absolute atomic E-state index is 5.91. The van der Waals surface area contributed by atoms with Crippen molar-refractivity contribution >= 4 is 0 Å². The van der Waals surface area contributed by atoms with Crippen molar-refractivity contribution in [3.05, 3.63) is 59.4 Å². The normalized spacial score (nSPS) is 15.2. The zero-order chi connectivity index (χ0) is 13.8. The Kier molecular flexibility index (Phi) is 3.97. The van der Waals surface area contributed by atoms with Crippen LogP contribution in [0.2, 0.25) is 0 Å². The van der Waals surface area contributed by atoms with Gasteiger partial charge in [0.2, 0.25) is 0 Å². The molecule has 1 atom stereocenters. The van der Waals surface area contributed by atoms with E-state index in [2.05, 4.69) is 34.6 Å². The van der Waals surface area contributed by atoms with Crippen LogP contribution < -0.4 is 10.1 Å². The molecule has 3 rings (SSSR count). The Hall–Kier alpha value is -1.87. The molecule has 1 aliphatic heterocycles. The van der Waals surface area contributed by atoms with Gasteiger partial charge < -0.3 is 10.1 Å². The van der Waals surface area contributed by atoms with E-state index in [4.69, 9.17) is 4.74 Å². The third-order valence-corrected chi connectivity index (χ3v) is 3.83. The molecule has 0 radical (unpaired) electrons. The molecule has 2 aromatic rings. The minimum atomic E-state index is 0.234. The maximum atomic E-state index is 5.91. The van der Waals surface area contributed by atoms with E-state index in [-0.39, 0.29) is 6.04 Å². The molecule has 3 nitrogen and oxygen atoms in total. The molecule has 1 N–H and O–H groups in total. The molecular weight excluding hydrogens is 248 g/mol. The molecule has 1 aromatic carbocycles. The van der Waals surface area contributed by atoms with Gasteiger partial charge in [-0.15, -0.1) is 0 Å². The highest BCUT2D eigenvalue weighted by Gasteiger charge is 2.20. The third kappa shape index (κ3) is 2.68. The molecular formula is C17H20N2O. The lowest BCUT2D eigenvalue weighted by atomic mass is 9.95. The summed E-state index contributed by atoms with van der Waals surface area (Å²) in [5, 5.41) is 3.40. The highest BCUT2D eigenvalue weighted by atomic mass is 16.5. The second-order valence-electron chi connectivity index (χ2n) is 5.15. The van der Waals surface area contributed by atoms with Crippen LogP contribution in [0.4, 0.5) is 0 Å². The molecule has 104 valence electrons. The van der Waals surface area contributed by atoms with Crippen molar-refractivity contribution in [3.63, 3.8) is 0 Å². The summed E-state index contributed by atoms with van der Waals surface area (Å²) in [6.07, 6.45) is 4.94. The second-order valence-corrected chi connectivity index (χ2v) is 5.15. The summed E-state index contributed by atoms with van der Waals surface area (Å²) in [6, 6.07) is 12.8. The number of ether oxygens (including phenoxy) is 1. The molecule has 1 unspecified atom stereocenters. The van der Waals surface area contributed by atoms with Crippen molar-refractivity contribution in [2.75, 3.05) is 13.7 Å². The van der Waals surface area contributed by atoms with E-state index in [0.717, 1.165) is 37.3 Å². The van der Waals surface area contributed by atoms with Crippen LogP contribution in [0.3, 0.4) is 0 Å². The second kappa shape index (κ2) is 6.06. The first-order valence-electron chi connectivity index (χ1n) is 7.20. The lowest BCUT2D eigenvalue weighted by Gasteiger charge is -2.25. The van der Waals surface area contributed by atoms with Crippen molar-refractivity contribution in [2.45, 2.75) is 25.3 Å². The van der Waals surface area contributed by atoms with Gasteiger partial charge in [0.15, 0.2) is 0 Å². The molecule has 3 heteroatoms. The average Bonchev–Trinajstić information content (AvgIpc) is 2.53. The lowest BCUT2D eigenvalue weighted by Crippen LogP contribution is -2.22. The van der Waals surface area contributed by atoms with Gasteiger partial charge in [-0.3, -0.25) is 4.98 Å². The number of aryl methyl sites for hydroxylation is 1. The quantitative estimate of drug-likeness (QED) is 0.925. The van der Waals surface area contributed by atoms with E-state index in [1.54, 1.807) is 0 Å². The van der Waals surface area contributed by atoms with Gasteiger partial charge in [0, 0.05) is 29.9 Å². The average molecular weight is 268 g/mol. The number of fused-ring (bicyclic) bond motifs is 1. The van der Waals surface area contributed by atoms with Crippen molar-refractivity contribution in [2.24, 2.45) is 0 Å². The molecule has 0 bridgehead atoms. The Morgan fingerprint density at radius 3 is 3.00 bits per heavy atom. The predicted molar refractivity (Wildman–Crippen MR) is 80.0 cm³/mol. The van der Waals surface area contributed by atoms with E-state index in [0.29, 0.717) is 0 Å². The Bertz CT molecular complexity index is 568. The SMILES string of the molecule is CNC(Cc1ccccn1)c1cccc2c1OCCC2. The zero-order valence-corrected chi connectivity index (χ0v) is 11.8. The van der Waals surface area contributed by atoms with Gasteiger partial charge in [0.1, 0.15) is 5.75 Å². The van der Waals surface area contributed by atoms with Crippen LogP contribution in [-0.2, 0) is 12.8 Å². The molecule has 20 heavy (non-hydrogen) atoms. The van der Waals surface area contributed by atoms with Crippen LogP contribution in [0.5, 0.6) is 5.75 Å². The van der Waals surface area contributed by atoms with Crippen LogP contribution >= 0.6 is 0 Å². The number of pyridine rings is 1. The lowest BCUT2D eigenvalue weighted by molar-refractivity contribution is 0.282. The number of benzene rings is 1. The molecule has 2 heterocycles. The van der Waals surface area contributed by atoms with Crippen LogP contribution in [0.15, 0.2) is 42.6 Å². The van der Waals surface area contributed by atoms with Gasteiger partial charge in [-0.2, -0.15) is 0 Å². The fraction of sp³-hybridized carbons (Fsp3) is 0.353.